The normalized spacial score (nSPS) is 11.8. The first-order chi connectivity index (χ1) is 5.84. The highest BCUT2D eigenvalue weighted by molar-refractivity contribution is 5.90. The Hall–Kier alpha value is -1.19. The summed E-state index contributed by atoms with van der Waals surface area (Å²) in [5.74, 6) is 0.138. The molecule has 0 atom stereocenters. The van der Waals surface area contributed by atoms with E-state index in [0.29, 0.717) is 11.5 Å². The van der Waals surface area contributed by atoms with E-state index in [9.17, 15) is 9.18 Å². The molecule has 4 heteroatoms. The van der Waals surface area contributed by atoms with Crippen molar-refractivity contribution in [2.75, 3.05) is 0 Å². The van der Waals surface area contributed by atoms with Crippen molar-refractivity contribution < 1.29 is 9.18 Å². The van der Waals surface area contributed by atoms with E-state index in [-0.39, 0.29) is 5.78 Å². The third-order valence-electron chi connectivity index (χ3n) is 1.91. The maximum Gasteiger partial charge on any atom is 0.195 e. The molecule has 0 saturated heterocycles. The minimum Gasteiger partial charge on any atom is -0.326 e. The van der Waals surface area contributed by atoms with Crippen molar-refractivity contribution >= 4 is 5.78 Å². The predicted molar refractivity (Wildman–Crippen MR) is 47.3 cm³/mol. The van der Waals surface area contributed by atoms with Crippen LogP contribution in [0.5, 0.6) is 0 Å². The van der Waals surface area contributed by atoms with Gasteiger partial charge in [0.05, 0.1) is 11.9 Å². The maximum absolute atomic E-state index is 13.5. The van der Waals surface area contributed by atoms with E-state index in [1.165, 1.54) is 31.5 Å². The summed E-state index contributed by atoms with van der Waals surface area (Å²) in [7, 11) is 1.64. The third kappa shape index (κ3) is 1.76. The Labute approximate surface area is 76.6 Å². The number of nitrogens with zero attached hydrogens (tertiary/aromatic N) is 2. The molecule has 1 aromatic rings. The second-order valence-electron chi connectivity index (χ2n) is 3.55. The molecule has 0 saturated carbocycles. The largest absolute Gasteiger partial charge is 0.326 e. The first kappa shape index (κ1) is 9.89. The van der Waals surface area contributed by atoms with Crippen LogP contribution in [0.2, 0.25) is 0 Å². The van der Waals surface area contributed by atoms with E-state index in [1.54, 1.807) is 7.05 Å². The lowest BCUT2D eigenvalue weighted by Gasteiger charge is -2.14. The Morgan fingerprint density at radius 2 is 2.15 bits per heavy atom. The number of imidazole rings is 1. The number of ketones is 1. The summed E-state index contributed by atoms with van der Waals surface area (Å²) in [4.78, 5) is 14.9. The summed E-state index contributed by atoms with van der Waals surface area (Å²) in [6, 6.07) is 0. The summed E-state index contributed by atoms with van der Waals surface area (Å²) in [6.07, 6.45) is 1.40. The van der Waals surface area contributed by atoms with E-state index in [2.05, 4.69) is 4.98 Å². The first-order valence-electron chi connectivity index (χ1n) is 4.06. The second kappa shape index (κ2) is 2.94. The first-order valence-corrected chi connectivity index (χ1v) is 4.06. The summed E-state index contributed by atoms with van der Waals surface area (Å²) in [5, 5.41) is 0. The molecule has 0 aromatic carbocycles. The van der Waals surface area contributed by atoms with Crippen molar-refractivity contribution in [3.05, 3.63) is 17.7 Å². The Kier molecular flexibility index (Phi) is 2.24. The van der Waals surface area contributed by atoms with Crippen LogP contribution in [0.1, 0.15) is 37.1 Å². The van der Waals surface area contributed by atoms with Gasteiger partial charge in [0.15, 0.2) is 11.6 Å². The number of carbonyl (C=O) groups excluding carboxylic acids is 1. The minimum atomic E-state index is -1.46. The summed E-state index contributed by atoms with van der Waals surface area (Å²) >= 11 is 0. The molecule has 0 amide bonds. The fourth-order valence-electron chi connectivity index (χ4n) is 1.29. The van der Waals surface area contributed by atoms with Gasteiger partial charge in [-0.05, 0) is 13.8 Å². The predicted octanol–water partition coefficient (Wildman–Crippen LogP) is 1.83. The van der Waals surface area contributed by atoms with Gasteiger partial charge in [0.25, 0.3) is 0 Å². The quantitative estimate of drug-likeness (QED) is 0.657. The Morgan fingerprint density at radius 3 is 2.38 bits per heavy atom. The molecule has 1 heterocycles. The van der Waals surface area contributed by atoms with Crippen LogP contribution in [0, 0.1) is 0 Å². The molecule has 72 valence electrons. The van der Waals surface area contributed by atoms with Gasteiger partial charge in [-0.25, -0.2) is 9.37 Å². The van der Waals surface area contributed by atoms with E-state index in [0.717, 1.165) is 0 Å². The van der Waals surface area contributed by atoms with E-state index in [4.69, 9.17) is 0 Å². The highest BCUT2D eigenvalue weighted by atomic mass is 19.1. The number of aromatic nitrogens is 2. The Balaban J connectivity index is 3.22. The van der Waals surface area contributed by atoms with Crippen LogP contribution in [-0.2, 0) is 12.7 Å². The van der Waals surface area contributed by atoms with E-state index in [1.807, 2.05) is 0 Å². The number of alkyl halides is 1. The lowest BCUT2D eigenvalue weighted by Crippen LogP contribution is -2.16. The average Bonchev–Trinajstić information content (AvgIpc) is 2.28. The monoisotopic (exact) mass is 184 g/mol. The van der Waals surface area contributed by atoms with Gasteiger partial charge in [-0.2, -0.15) is 0 Å². The molecular formula is C9H13FN2O. The third-order valence-corrected chi connectivity index (χ3v) is 1.91. The Bertz CT molecular complexity index is 336. The molecule has 1 aromatic heterocycles. The van der Waals surface area contributed by atoms with Crippen molar-refractivity contribution in [1.29, 1.82) is 0 Å². The van der Waals surface area contributed by atoms with Crippen molar-refractivity contribution in [2.24, 2.45) is 7.05 Å². The van der Waals surface area contributed by atoms with E-state index >= 15 is 0 Å². The topological polar surface area (TPSA) is 34.9 Å². The van der Waals surface area contributed by atoms with Gasteiger partial charge in [-0.15, -0.1) is 0 Å². The van der Waals surface area contributed by atoms with Crippen LogP contribution < -0.4 is 0 Å². The molecule has 1 rings (SSSR count). The van der Waals surface area contributed by atoms with Gasteiger partial charge in [0, 0.05) is 14.0 Å². The minimum absolute atomic E-state index is 0.155. The van der Waals surface area contributed by atoms with Crippen LogP contribution >= 0.6 is 0 Å². The maximum atomic E-state index is 13.5. The number of Topliss-reactive ketones (excluding diaryl/α,β-unsaturated/α-hetero) is 1. The zero-order valence-corrected chi connectivity index (χ0v) is 8.26. The van der Waals surface area contributed by atoms with Gasteiger partial charge in [-0.1, -0.05) is 0 Å². The zero-order valence-electron chi connectivity index (χ0n) is 8.26. The highest BCUT2D eigenvalue weighted by Gasteiger charge is 2.24. The molecule has 3 nitrogen and oxygen atoms in total. The Morgan fingerprint density at radius 1 is 1.62 bits per heavy atom. The molecule has 0 aliphatic carbocycles. The van der Waals surface area contributed by atoms with Gasteiger partial charge in [0.2, 0.25) is 0 Å². The molecule has 0 N–H and O–H groups in total. The van der Waals surface area contributed by atoms with Gasteiger partial charge >= 0.3 is 0 Å². The van der Waals surface area contributed by atoms with Gasteiger partial charge in [-0.3, -0.25) is 4.79 Å². The lowest BCUT2D eigenvalue weighted by molar-refractivity contribution is 0.0999. The smallest absolute Gasteiger partial charge is 0.195 e. The highest BCUT2D eigenvalue weighted by Crippen LogP contribution is 2.24. The molecule has 0 radical (unpaired) electrons. The fraction of sp³-hybridized carbons (Fsp3) is 0.556. The molecule has 0 aliphatic heterocycles. The van der Waals surface area contributed by atoms with Crippen LogP contribution in [0.3, 0.4) is 0 Å². The number of halogens is 1. The van der Waals surface area contributed by atoms with Crippen LogP contribution in [-0.4, -0.2) is 15.3 Å². The summed E-state index contributed by atoms with van der Waals surface area (Å²) in [6.45, 7) is 4.29. The van der Waals surface area contributed by atoms with Crippen LogP contribution in [0.15, 0.2) is 6.20 Å². The zero-order chi connectivity index (χ0) is 10.2. The number of hydrogen-bond donors (Lipinski definition) is 0. The summed E-state index contributed by atoms with van der Waals surface area (Å²) < 4.78 is 15.0. The molecule has 0 bridgehead atoms. The van der Waals surface area contributed by atoms with Gasteiger partial charge in [0.1, 0.15) is 5.67 Å². The standard InChI is InChI=1S/C9H13FN2O/c1-6(13)8-11-5-7(12(8)4)9(2,3)10/h5H,1-4H3. The SMILES string of the molecule is CC(=O)c1ncc(C(C)(C)F)n1C. The van der Waals surface area contributed by atoms with Crippen molar-refractivity contribution in [3.63, 3.8) is 0 Å². The molecular weight excluding hydrogens is 171 g/mol. The fourth-order valence-corrected chi connectivity index (χ4v) is 1.29. The molecule has 13 heavy (non-hydrogen) atoms. The average molecular weight is 184 g/mol. The van der Waals surface area contributed by atoms with Crippen LogP contribution in [0.25, 0.3) is 0 Å². The molecule has 0 aliphatic rings. The summed E-state index contributed by atoms with van der Waals surface area (Å²) in [5.41, 5.74) is -1.05. The molecule has 0 unspecified atom stereocenters. The number of carbonyl (C=O) groups is 1. The number of hydrogen-bond acceptors (Lipinski definition) is 2. The van der Waals surface area contributed by atoms with Crippen molar-refractivity contribution in [1.82, 2.24) is 9.55 Å². The van der Waals surface area contributed by atoms with Crippen molar-refractivity contribution in [3.8, 4) is 0 Å². The lowest BCUT2D eigenvalue weighted by atomic mass is 10.1. The molecule has 0 spiro atoms. The second-order valence-corrected chi connectivity index (χ2v) is 3.55. The van der Waals surface area contributed by atoms with E-state index < -0.39 is 5.67 Å². The van der Waals surface area contributed by atoms with Gasteiger partial charge < -0.3 is 4.57 Å². The van der Waals surface area contributed by atoms with Crippen molar-refractivity contribution in [2.45, 2.75) is 26.4 Å². The molecule has 0 fully saturated rings. The van der Waals surface area contributed by atoms with Crippen LogP contribution in [0.4, 0.5) is 4.39 Å². The number of rotatable bonds is 2.